The fourth-order valence-corrected chi connectivity index (χ4v) is 10.3. The molecule has 1 fully saturated rings. The molecule has 52 heavy (non-hydrogen) atoms. The van der Waals surface area contributed by atoms with Gasteiger partial charge in [0.1, 0.15) is 35.4 Å². The van der Waals surface area contributed by atoms with Gasteiger partial charge in [-0.2, -0.15) is 0 Å². The molecule has 0 radical (unpaired) electrons. The summed E-state index contributed by atoms with van der Waals surface area (Å²) in [6.45, 7) is 2.41. The number of aromatic nitrogens is 1. The van der Waals surface area contributed by atoms with Gasteiger partial charge in [-0.1, -0.05) is 97.9 Å². The van der Waals surface area contributed by atoms with E-state index in [1.54, 1.807) is 6.07 Å². The van der Waals surface area contributed by atoms with Crippen molar-refractivity contribution in [2.45, 2.75) is 59.9 Å². The van der Waals surface area contributed by atoms with Crippen LogP contribution in [0.5, 0.6) is 11.6 Å². The molecule has 9 nitrogen and oxygen atoms in total. The first kappa shape index (κ1) is 34.4. The number of carbonyl (C=O) groups excluding carboxylic acids is 2. The van der Waals surface area contributed by atoms with E-state index in [-0.39, 0.29) is 42.8 Å². The number of nitrogens with zero attached hydrogens (tertiary/aromatic N) is 2. The van der Waals surface area contributed by atoms with Crippen molar-refractivity contribution in [2.24, 2.45) is 11.8 Å². The minimum atomic E-state index is -2.53. The monoisotopic (exact) mass is 716 g/mol. The van der Waals surface area contributed by atoms with E-state index >= 15 is 4.79 Å². The molecule has 8 rings (SSSR count). The van der Waals surface area contributed by atoms with Crippen LogP contribution in [0.2, 0.25) is 0 Å². The number of rotatable bonds is 9. The Kier molecular flexibility index (Phi) is 8.82. The fraction of sp³-hybridized carbons (Fsp3) is 0.310. The van der Waals surface area contributed by atoms with Crippen LogP contribution in [-0.4, -0.2) is 56.3 Å². The van der Waals surface area contributed by atoms with E-state index in [4.69, 9.17) is 14.0 Å². The number of thioether (sulfide) groups is 1. The summed E-state index contributed by atoms with van der Waals surface area (Å²) in [6, 6.07) is 33.5. The lowest BCUT2D eigenvalue weighted by Crippen LogP contribution is -2.72. The Balaban J connectivity index is 1.27. The number of Topliss-reactive ketones (excluding diaryl/α,β-unsaturated/α-hetero) is 2. The van der Waals surface area contributed by atoms with Gasteiger partial charge in [-0.05, 0) is 72.4 Å². The second kappa shape index (κ2) is 13.3. The zero-order chi connectivity index (χ0) is 36.2. The van der Waals surface area contributed by atoms with E-state index in [1.165, 1.54) is 11.8 Å². The quantitative estimate of drug-likeness (QED) is 0.155. The zero-order valence-electron chi connectivity index (χ0n) is 29.1. The van der Waals surface area contributed by atoms with Crippen LogP contribution in [0, 0.1) is 11.8 Å². The Morgan fingerprint density at radius 3 is 2.10 bits per heavy atom. The van der Waals surface area contributed by atoms with Gasteiger partial charge in [-0.3, -0.25) is 14.5 Å². The molecular formula is C42H40N2O7S. The molecule has 266 valence electrons. The third-order valence-electron chi connectivity index (χ3n) is 11.1. The maximum Gasteiger partial charge on any atom is 0.265 e. The van der Waals surface area contributed by atoms with E-state index in [0.717, 1.165) is 21.6 Å². The minimum absolute atomic E-state index is 0.0503. The number of hydrogen-bond acceptors (Lipinski definition) is 10. The standard InChI is InChI=1S/C42H40N2O7S/c1-25-29-20-13-21-32(49-23-26-14-7-4-8-15-26)33(29)38(46)42(52-28-18-11-6-12-19-28)30(25)22-31-35(44(2)3)36-34(37(45)41(31,48)40(42)47)39(43-51-36)50-24-27-16-9-5-10-17-27/h4-21,25,30-31,35,38,46,48H,22-24H2,1-3H3/t25-,30-,31-,35-,38+,41+,42+/m0/s1. The van der Waals surface area contributed by atoms with Gasteiger partial charge in [-0.15, -0.1) is 11.8 Å². The molecule has 7 atom stereocenters. The topological polar surface area (TPSA) is 122 Å². The summed E-state index contributed by atoms with van der Waals surface area (Å²) in [4.78, 5) is 33.2. The Labute approximate surface area is 306 Å². The largest absolute Gasteiger partial charge is 0.489 e. The van der Waals surface area contributed by atoms with Crippen LogP contribution in [0.4, 0.5) is 0 Å². The highest BCUT2D eigenvalue weighted by Crippen LogP contribution is 2.66. The van der Waals surface area contributed by atoms with Crippen LogP contribution in [0.25, 0.3) is 0 Å². The average Bonchev–Trinajstić information content (AvgIpc) is 3.59. The molecule has 0 amide bonds. The minimum Gasteiger partial charge on any atom is -0.489 e. The molecule has 0 saturated heterocycles. The maximum absolute atomic E-state index is 15.7. The molecule has 2 N–H and O–H groups in total. The van der Waals surface area contributed by atoms with Crippen molar-refractivity contribution in [3.05, 3.63) is 143 Å². The number of carbonyl (C=O) groups is 2. The molecule has 1 saturated carbocycles. The van der Waals surface area contributed by atoms with Gasteiger partial charge in [0.25, 0.3) is 5.88 Å². The highest BCUT2D eigenvalue weighted by atomic mass is 32.2. The van der Waals surface area contributed by atoms with Crippen LogP contribution in [0.1, 0.15) is 69.8 Å². The molecule has 0 unspecified atom stereocenters. The number of fused-ring (bicyclic) bond motifs is 4. The van der Waals surface area contributed by atoms with Crippen LogP contribution >= 0.6 is 11.8 Å². The lowest BCUT2D eigenvalue weighted by atomic mass is 9.51. The highest BCUT2D eigenvalue weighted by Gasteiger charge is 2.73. The summed E-state index contributed by atoms with van der Waals surface area (Å²) in [5, 5.41) is 29.9. The van der Waals surface area contributed by atoms with Crippen molar-refractivity contribution < 1.29 is 33.8 Å². The van der Waals surface area contributed by atoms with Gasteiger partial charge in [0.05, 0.1) is 6.04 Å². The molecule has 1 heterocycles. The van der Waals surface area contributed by atoms with Gasteiger partial charge in [0, 0.05) is 16.4 Å². The summed E-state index contributed by atoms with van der Waals surface area (Å²) >= 11 is 1.21. The Hall–Kier alpha value is -4.74. The molecule has 0 bridgehead atoms. The number of hydrogen-bond donors (Lipinski definition) is 2. The smallest absolute Gasteiger partial charge is 0.265 e. The van der Waals surface area contributed by atoms with Crippen LogP contribution in [-0.2, 0) is 18.0 Å². The summed E-state index contributed by atoms with van der Waals surface area (Å²) < 4.78 is 16.6. The first-order chi connectivity index (χ1) is 25.2. The summed E-state index contributed by atoms with van der Waals surface area (Å²) in [6.07, 6.45) is -1.19. The van der Waals surface area contributed by atoms with Gasteiger partial charge in [-0.25, -0.2) is 0 Å². The Bertz CT molecular complexity index is 2110. The van der Waals surface area contributed by atoms with E-state index < -0.39 is 45.9 Å². The summed E-state index contributed by atoms with van der Waals surface area (Å²) in [5.41, 5.74) is 0.575. The van der Waals surface area contributed by atoms with Crippen LogP contribution < -0.4 is 9.47 Å². The molecule has 5 aromatic rings. The van der Waals surface area contributed by atoms with Crippen LogP contribution in [0.15, 0.2) is 119 Å². The van der Waals surface area contributed by atoms with E-state index in [2.05, 4.69) is 12.1 Å². The van der Waals surface area contributed by atoms with Gasteiger partial charge in [0.2, 0.25) is 5.78 Å². The van der Waals surface area contributed by atoms with E-state index in [1.807, 2.05) is 122 Å². The third-order valence-corrected chi connectivity index (χ3v) is 12.7. The molecule has 4 aromatic carbocycles. The van der Waals surface area contributed by atoms with Crippen molar-refractivity contribution in [1.29, 1.82) is 0 Å². The van der Waals surface area contributed by atoms with Crippen molar-refractivity contribution in [2.75, 3.05) is 14.1 Å². The normalized spacial score (nSPS) is 27.7. The molecule has 10 heteroatoms. The van der Waals surface area contributed by atoms with Crippen LogP contribution in [0.3, 0.4) is 0 Å². The number of ether oxygens (including phenoxy) is 2. The molecule has 1 aromatic heterocycles. The van der Waals surface area contributed by atoms with Gasteiger partial charge >= 0.3 is 0 Å². The molecular weight excluding hydrogens is 677 g/mol. The predicted octanol–water partition coefficient (Wildman–Crippen LogP) is 6.95. The zero-order valence-corrected chi connectivity index (χ0v) is 30.0. The highest BCUT2D eigenvalue weighted by molar-refractivity contribution is 8.01. The van der Waals surface area contributed by atoms with Crippen molar-refractivity contribution in [3.8, 4) is 11.6 Å². The lowest BCUT2D eigenvalue weighted by molar-refractivity contribution is -0.160. The molecule has 0 aliphatic heterocycles. The predicted molar refractivity (Wildman–Crippen MR) is 195 cm³/mol. The summed E-state index contributed by atoms with van der Waals surface area (Å²) in [7, 11) is 3.65. The van der Waals surface area contributed by atoms with Gasteiger partial charge < -0.3 is 24.2 Å². The molecule has 0 spiro atoms. The maximum atomic E-state index is 15.7. The molecule has 3 aliphatic carbocycles. The second-order valence-electron chi connectivity index (χ2n) is 14.2. The number of aliphatic hydroxyl groups excluding tert-OH is 1. The van der Waals surface area contributed by atoms with Crippen molar-refractivity contribution >= 4 is 23.3 Å². The third kappa shape index (κ3) is 5.31. The SMILES string of the molecule is C[C@H]1c2cccc(OCc3ccccc3)c2[C@@H](O)[C@@]2(Sc3ccccc3)C(=O)[C@]3(O)C(=O)c4c(OCc5ccccc5)noc4[C@@H](N(C)C)[C@@H]3C[C@@H]12. The number of aliphatic hydroxyl groups is 2. The molecule has 3 aliphatic rings. The Morgan fingerprint density at radius 2 is 1.46 bits per heavy atom. The van der Waals surface area contributed by atoms with E-state index in [0.29, 0.717) is 11.3 Å². The number of ketones is 2. The lowest BCUT2D eigenvalue weighted by Gasteiger charge is -2.59. The van der Waals surface area contributed by atoms with Crippen molar-refractivity contribution in [1.82, 2.24) is 10.1 Å². The first-order valence-electron chi connectivity index (χ1n) is 17.5. The summed E-state index contributed by atoms with van der Waals surface area (Å²) in [5.74, 6) is -2.59. The van der Waals surface area contributed by atoms with Crippen molar-refractivity contribution in [3.63, 3.8) is 0 Å². The first-order valence-corrected chi connectivity index (χ1v) is 18.3. The average molecular weight is 717 g/mol. The fourth-order valence-electron chi connectivity index (χ4n) is 8.68. The van der Waals surface area contributed by atoms with E-state index in [9.17, 15) is 15.0 Å². The second-order valence-corrected chi connectivity index (χ2v) is 15.6. The number of benzene rings is 4. The Morgan fingerprint density at radius 1 is 0.846 bits per heavy atom. The van der Waals surface area contributed by atoms with Gasteiger partial charge in [0.15, 0.2) is 17.1 Å².